The van der Waals surface area contributed by atoms with Crippen molar-refractivity contribution in [2.45, 2.75) is 38.1 Å². The van der Waals surface area contributed by atoms with Crippen molar-refractivity contribution in [2.24, 2.45) is 0 Å². The van der Waals surface area contributed by atoms with Crippen molar-refractivity contribution in [1.29, 1.82) is 0 Å². The number of nitrogens with one attached hydrogen (secondary N) is 1. The van der Waals surface area contributed by atoms with Gasteiger partial charge in [0.1, 0.15) is 0 Å². The summed E-state index contributed by atoms with van der Waals surface area (Å²) in [5.74, 6) is 0. The maximum atomic E-state index is 6.12. The fraction of sp³-hybridized carbons (Fsp3) is 0.500. The first kappa shape index (κ1) is 11.9. The van der Waals surface area contributed by atoms with Crippen LogP contribution >= 0.6 is 11.6 Å². The molecule has 16 heavy (non-hydrogen) atoms. The molecule has 2 heteroatoms. The van der Waals surface area contributed by atoms with Gasteiger partial charge in [-0.1, -0.05) is 29.8 Å². The van der Waals surface area contributed by atoms with Crippen LogP contribution in [0.15, 0.2) is 24.3 Å². The molecule has 1 heterocycles. The minimum atomic E-state index is 0.691. The van der Waals surface area contributed by atoms with Gasteiger partial charge < -0.3 is 5.32 Å². The van der Waals surface area contributed by atoms with Crippen LogP contribution in [0.5, 0.6) is 0 Å². The van der Waals surface area contributed by atoms with Crippen LogP contribution in [0.4, 0.5) is 0 Å². The Morgan fingerprint density at radius 3 is 2.94 bits per heavy atom. The standard InChI is InChI=1S/C14H19ClN/c15-14-10-2-1-6-12(14)7-5-9-13-8-3-4-11-16-13/h1-3,6,10,13,16H,4-5,7-9,11H2. The molecule has 0 spiro atoms. The molecule has 0 bridgehead atoms. The number of hydrogen-bond acceptors (Lipinski definition) is 1. The lowest BCUT2D eigenvalue weighted by molar-refractivity contribution is 0.424. The molecule has 1 aromatic carbocycles. The maximum Gasteiger partial charge on any atom is 0.0437 e. The van der Waals surface area contributed by atoms with E-state index in [-0.39, 0.29) is 0 Å². The normalized spacial score (nSPS) is 20.9. The van der Waals surface area contributed by atoms with Crippen molar-refractivity contribution in [3.05, 3.63) is 41.3 Å². The van der Waals surface area contributed by atoms with Crippen LogP contribution in [0.2, 0.25) is 5.02 Å². The molecule has 1 aromatic rings. The number of halogens is 1. The Balaban J connectivity index is 1.73. The Bertz CT molecular complexity index is 318. The number of piperidine rings is 1. The second-order valence-electron chi connectivity index (χ2n) is 4.45. The highest BCUT2D eigenvalue weighted by Crippen LogP contribution is 2.18. The Hall–Kier alpha value is -0.530. The van der Waals surface area contributed by atoms with Crippen LogP contribution in [0.3, 0.4) is 0 Å². The van der Waals surface area contributed by atoms with E-state index in [1.165, 1.54) is 31.2 Å². The molecule has 1 nitrogen and oxygen atoms in total. The summed E-state index contributed by atoms with van der Waals surface area (Å²) in [7, 11) is 0. The largest absolute Gasteiger partial charge is 0.314 e. The first-order valence-electron chi connectivity index (χ1n) is 6.15. The van der Waals surface area contributed by atoms with E-state index in [2.05, 4.69) is 23.9 Å². The van der Waals surface area contributed by atoms with Gasteiger partial charge in [-0.05, 0) is 56.7 Å². The van der Waals surface area contributed by atoms with Gasteiger partial charge in [0.05, 0.1) is 0 Å². The first-order valence-corrected chi connectivity index (χ1v) is 6.52. The third-order valence-corrected chi connectivity index (χ3v) is 3.56. The molecule has 87 valence electrons. The number of hydrogen-bond donors (Lipinski definition) is 1. The molecular weight excluding hydrogens is 218 g/mol. The van der Waals surface area contributed by atoms with E-state index in [0.29, 0.717) is 6.04 Å². The summed E-state index contributed by atoms with van der Waals surface area (Å²) >= 11 is 6.12. The second-order valence-corrected chi connectivity index (χ2v) is 4.85. The average Bonchev–Trinajstić information content (AvgIpc) is 2.33. The van der Waals surface area contributed by atoms with Crippen molar-refractivity contribution >= 4 is 11.6 Å². The molecule has 0 aliphatic carbocycles. The van der Waals surface area contributed by atoms with Crippen LogP contribution in [-0.4, -0.2) is 12.6 Å². The summed E-state index contributed by atoms with van der Waals surface area (Å²) in [5, 5.41) is 4.46. The Morgan fingerprint density at radius 1 is 1.31 bits per heavy atom. The molecule has 0 saturated carbocycles. The Morgan fingerprint density at radius 2 is 2.19 bits per heavy atom. The molecule has 2 rings (SSSR count). The van der Waals surface area contributed by atoms with Crippen molar-refractivity contribution in [1.82, 2.24) is 5.32 Å². The maximum absolute atomic E-state index is 6.12. The van der Waals surface area contributed by atoms with Crippen LogP contribution in [-0.2, 0) is 6.42 Å². The molecule has 1 aliphatic heterocycles. The highest BCUT2D eigenvalue weighted by atomic mass is 35.5. The van der Waals surface area contributed by atoms with Gasteiger partial charge in [0, 0.05) is 11.1 Å². The van der Waals surface area contributed by atoms with E-state index in [1.807, 2.05) is 12.1 Å². The fourth-order valence-corrected chi connectivity index (χ4v) is 2.48. The lowest BCUT2D eigenvalue weighted by Gasteiger charge is -2.23. The van der Waals surface area contributed by atoms with Crippen LogP contribution in [0.1, 0.15) is 31.2 Å². The van der Waals surface area contributed by atoms with E-state index in [4.69, 9.17) is 11.6 Å². The number of benzene rings is 1. The van der Waals surface area contributed by atoms with Gasteiger partial charge in [-0.15, -0.1) is 0 Å². The smallest absolute Gasteiger partial charge is 0.0437 e. The molecule has 1 fully saturated rings. The van der Waals surface area contributed by atoms with Crippen LogP contribution in [0.25, 0.3) is 0 Å². The van der Waals surface area contributed by atoms with E-state index >= 15 is 0 Å². The highest BCUT2D eigenvalue weighted by molar-refractivity contribution is 6.31. The lowest BCUT2D eigenvalue weighted by atomic mass is 9.98. The van der Waals surface area contributed by atoms with E-state index in [0.717, 1.165) is 18.0 Å². The first-order chi connectivity index (χ1) is 7.86. The number of aryl methyl sites for hydroxylation is 1. The highest BCUT2D eigenvalue weighted by Gasteiger charge is 2.12. The molecule has 0 amide bonds. The van der Waals surface area contributed by atoms with Crippen LogP contribution in [0, 0.1) is 6.42 Å². The summed E-state index contributed by atoms with van der Waals surface area (Å²) in [4.78, 5) is 0. The predicted octanol–water partition coefficient (Wildman–Crippen LogP) is 3.62. The second kappa shape index (κ2) is 6.27. The van der Waals surface area contributed by atoms with Crippen molar-refractivity contribution in [2.75, 3.05) is 6.54 Å². The Kier molecular flexibility index (Phi) is 4.68. The average molecular weight is 237 g/mol. The summed E-state index contributed by atoms with van der Waals surface area (Å²) in [6, 6.07) is 8.85. The zero-order valence-electron chi connectivity index (χ0n) is 9.58. The molecular formula is C14H19ClN. The minimum Gasteiger partial charge on any atom is -0.314 e. The zero-order valence-corrected chi connectivity index (χ0v) is 10.3. The number of rotatable bonds is 4. The monoisotopic (exact) mass is 236 g/mol. The summed E-state index contributed by atoms with van der Waals surface area (Å²) in [6.45, 7) is 1.15. The van der Waals surface area contributed by atoms with Gasteiger partial charge >= 0.3 is 0 Å². The summed E-state index contributed by atoms with van der Waals surface area (Å²) < 4.78 is 0. The van der Waals surface area contributed by atoms with E-state index in [1.54, 1.807) is 0 Å². The van der Waals surface area contributed by atoms with Gasteiger partial charge in [0.15, 0.2) is 0 Å². The molecule has 1 N–H and O–H groups in total. The molecule has 1 atom stereocenters. The van der Waals surface area contributed by atoms with E-state index < -0.39 is 0 Å². The fourth-order valence-electron chi connectivity index (χ4n) is 2.25. The van der Waals surface area contributed by atoms with Crippen molar-refractivity contribution in [3.63, 3.8) is 0 Å². The van der Waals surface area contributed by atoms with Gasteiger partial charge in [0.25, 0.3) is 0 Å². The molecule has 1 unspecified atom stereocenters. The van der Waals surface area contributed by atoms with Gasteiger partial charge in [0.2, 0.25) is 0 Å². The third kappa shape index (κ3) is 3.50. The molecule has 0 aromatic heterocycles. The Labute approximate surface area is 103 Å². The van der Waals surface area contributed by atoms with E-state index in [9.17, 15) is 0 Å². The van der Waals surface area contributed by atoms with Gasteiger partial charge in [-0.25, -0.2) is 0 Å². The van der Waals surface area contributed by atoms with Crippen molar-refractivity contribution in [3.8, 4) is 0 Å². The van der Waals surface area contributed by atoms with Crippen LogP contribution < -0.4 is 5.32 Å². The van der Waals surface area contributed by atoms with Gasteiger partial charge in [-0.3, -0.25) is 0 Å². The minimum absolute atomic E-state index is 0.691. The predicted molar refractivity (Wildman–Crippen MR) is 69.7 cm³/mol. The lowest BCUT2D eigenvalue weighted by Crippen LogP contribution is -2.34. The zero-order chi connectivity index (χ0) is 11.2. The SMILES string of the molecule is Clc1ccccc1CCCC1C[CH]CCN1. The topological polar surface area (TPSA) is 12.0 Å². The molecule has 1 radical (unpaired) electrons. The summed E-state index contributed by atoms with van der Waals surface area (Å²) in [5.41, 5.74) is 1.28. The molecule has 1 saturated heterocycles. The quantitative estimate of drug-likeness (QED) is 0.842. The third-order valence-electron chi connectivity index (χ3n) is 3.19. The van der Waals surface area contributed by atoms with Crippen molar-refractivity contribution < 1.29 is 0 Å². The summed E-state index contributed by atoms with van der Waals surface area (Å²) in [6.07, 6.45) is 8.41. The molecule has 1 aliphatic rings. The van der Waals surface area contributed by atoms with Gasteiger partial charge in [-0.2, -0.15) is 0 Å².